The zero-order chi connectivity index (χ0) is 28.1. The highest BCUT2D eigenvalue weighted by Crippen LogP contribution is 2.42. The number of nitrogens with one attached hydrogen (secondary N) is 3. The standard InChI is InChI=1S/C25H23F4N5O5/c1-30-22(37)31-16-3-4-17-13(9-16)6-7-24(17)21(36)34(23(38)32-24)11-20(35)33-10-14-8-15(26)2-5-18(14)39-12-19(33)25(27,28)29/h2-5,8-9,19H,6-7,10-12H2,1H3,(H,32,38)(H2,30,31,37)/t19-,24-/m0/s1. The summed E-state index contributed by atoms with van der Waals surface area (Å²) in [6.45, 7) is -2.51. The number of benzene rings is 2. The molecule has 2 heterocycles. The Balaban J connectivity index is 1.39. The summed E-state index contributed by atoms with van der Waals surface area (Å²) >= 11 is 0. The van der Waals surface area contributed by atoms with Gasteiger partial charge in [-0.3, -0.25) is 14.5 Å². The summed E-state index contributed by atoms with van der Waals surface area (Å²) in [5, 5.41) is 7.65. The lowest BCUT2D eigenvalue weighted by atomic mass is 9.91. The van der Waals surface area contributed by atoms with E-state index in [9.17, 15) is 36.7 Å². The lowest BCUT2D eigenvalue weighted by Gasteiger charge is -2.31. The van der Waals surface area contributed by atoms with Crippen molar-refractivity contribution < 1.29 is 41.5 Å². The van der Waals surface area contributed by atoms with Gasteiger partial charge in [-0.1, -0.05) is 6.07 Å². The third-order valence-electron chi connectivity index (χ3n) is 7.12. The molecule has 3 N–H and O–H groups in total. The van der Waals surface area contributed by atoms with Crippen molar-refractivity contribution in [2.75, 3.05) is 25.5 Å². The fraction of sp³-hybridized carbons (Fsp3) is 0.360. The molecule has 2 aromatic rings. The second-order valence-electron chi connectivity index (χ2n) is 9.44. The Kier molecular flexibility index (Phi) is 6.35. The number of imide groups is 1. The van der Waals surface area contributed by atoms with E-state index in [-0.39, 0.29) is 17.7 Å². The number of amides is 6. The van der Waals surface area contributed by atoms with E-state index in [2.05, 4.69) is 16.0 Å². The summed E-state index contributed by atoms with van der Waals surface area (Å²) in [4.78, 5) is 52.3. The second kappa shape index (κ2) is 9.43. The molecule has 3 aliphatic rings. The number of aryl methyl sites for hydroxylation is 1. The Morgan fingerprint density at radius 1 is 1.15 bits per heavy atom. The molecule has 1 spiro atoms. The van der Waals surface area contributed by atoms with Crippen molar-refractivity contribution in [3.8, 4) is 5.75 Å². The number of hydrogen-bond acceptors (Lipinski definition) is 5. The quantitative estimate of drug-likeness (QED) is 0.402. The van der Waals surface area contributed by atoms with Crippen LogP contribution in [0.4, 0.5) is 32.8 Å². The first-order valence-electron chi connectivity index (χ1n) is 12.0. The lowest BCUT2D eigenvalue weighted by Crippen LogP contribution is -2.53. The summed E-state index contributed by atoms with van der Waals surface area (Å²) < 4.78 is 60.7. The molecule has 2 atom stereocenters. The molecule has 5 rings (SSSR count). The molecule has 206 valence electrons. The van der Waals surface area contributed by atoms with Gasteiger partial charge in [0, 0.05) is 18.3 Å². The summed E-state index contributed by atoms with van der Waals surface area (Å²) in [6.07, 6.45) is -4.36. The summed E-state index contributed by atoms with van der Waals surface area (Å²) in [7, 11) is 1.45. The fourth-order valence-electron chi connectivity index (χ4n) is 5.19. The van der Waals surface area contributed by atoms with Gasteiger partial charge in [-0.15, -0.1) is 0 Å². The molecule has 14 heteroatoms. The molecule has 0 aromatic heterocycles. The molecule has 2 aliphatic heterocycles. The molecular formula is C25H23F4N5O5. The topological polar surface area (TPSA) is 120 Å². The van der Waals surface area contributed by atoms with Crippen LogP contribution in [0.1, 0.15) is 23.1 Å². The van der Waals surface area contributed by atoms with Crippen molar-refractivity contribution >= 4 is 29.6 Å². The average molecular weight is 549 g/mol. The highest BCUT2D eigenvalue weighted by Gasteiger charge is 2.56. The van der Waals surface area contributed by atoms with E-state index in [1.807, 2.05) is 0 Å². The van der Waals surface area contributed by atoms with E-state index < -0.39 is 67.1 Å². The highest BCUT2D eigenvalue weighted by molar-refractivity contribution is 6.10. The van der Waals surface area contributed by atoms with Crippen molar-refractivity contribution in [2.45, 2.75) is 37.1 Å². The predicted molar refractivity (Wildman–Crippen MR) is 127 cm³/mol. The molecule has 6 amide bonds. The Bertz CT molecular complexity index is 1380. The largest absolute Gasteiger partial charge is 0.491 e. The van der Waals surface area contributed by atoms with Gasteiger partial charge in [0.05, 0.1) is 6.54 Å². The van der Waals surface area contributed by atoms with Crippen molar-refractivity contribution in [3.05, 3.63) is 58.9 Å². The monoisotopic (exact) mass is 549 g/mol. The van der Waals surface area contributed by atoms with Gasteiger partial charge >= 0.3 is 18.2 Å². The van der Waals surface area contributed by atoms with Crippen LogP contribution < -0.4 is 20.7 Å². The number of urea groups is 2. The zero-order valence-electron chi connectivity index (χ0n) is 20.5. The maximum absolute atomic E-state index is 13.9. The number of nitrogens with zero attached hydrogens (tertiary/aromatic N) is 2. The van der Waals surface area contributed by atoms with Crippen LogP contribution in [0.15, 0.2) is 36.4 Å². The van der Waals surface area contributed by atoms with Crippen LogP contribution >= 0.6 is 0 Å². The number of rotatable bonds is 3. The number of fused-ring (bicyclic) bond motifs is 3. The third kappa shape index (κ3) is 4.59. The molecule has 10 nitrogen and oxygen atoms in total. The van der Waals surface area contributed by atoms with Gasteiger partial charge in [0.25, 0.3) is 5.91 Å². The van der Waals surface area contributed by atoms with Crippen molar-refractivity contribution in [1.82, 2.24) is 20.4 Å². The smallest absolute Gasteiger partial charge is 0.412 e. The molecule has 1 fully saturated rings. The molecule has 39 heavy (non-hydrogen) atoms. The minimum absolute atomic E-state index is 0.00253. The second-order valence-corrected chi connectivity index (χ2v) is 9.44. The van der Waals surface area contributed by atoms with E-state index in [0.717, 1.165) is 12.1 Å². The van der Waals surface area contributed by atoms with Crippen molar-refractivity contribution in [3.63, 3.8) is 0 Å². The van der Waals surface area contributed by atoms with E-state index in [0.29, 0.717) is 33.0 Å². The molecule has 1 aliphatic carbocycles. The minimum Gasteiger partial charge on any atom is -0.491 e. The third-order valence-corrected chi connectivity index (χ3v) is 7.12. The first-order chi connectivity index (χ1) is 18.4. The van der Waals surface area contributed by atoms with Crippen LogP contribution in [0.3, 0.4) is 0 Å². The molecule has 0 saturated carbocycles. The van der Waals surface area contributed by atoms with Gasteiger partial charge in [0.2, 0.25) is 5.91 Å². The highest BCUT2D eigenvalue weighted by atomic mass is 19.4. The Labute approximate surface area is 219 Å². The molecule has 1 saturated heterocycles. The lowest BCUT2D eigenvalue weighted by molar-refractivity contribution is -0.195. The number of halogens is 4. The predicted octanol–water partition coefficient (Wildman–Crippen LogP) is 2.62. The summed E-state index contributed by atoms with van der Waals surface area (Å²) in [5.74, 6) is -2.64. The van der Waals surface area contributed by atoms with Crippen LogP contribution in [-0.2, 0) is 28.1 Å². The number of ether oxygens (including phenoxy) is 1. The average Bonchev–Trinajstić information content (AvgIpc) is 3.25. The fourth-order valence-corrected chi connectivity index (χ4v) is 5.19. The van der Waals surface area contributed by atoms with Crippen LogP contribution in [-0.4, -0.2) is 66.1 Å². The molecule has 0 bridgehead atoms. The maximum atomic E-state index is 13.9. The van der Waals surface area contributed by atoms with Gasteiger partial charge in [-0.25, -0.2) is 14.0 Å². The number of carbonyl (C=O) groups excluding carboxylic acids is 4. The Morgan fingerprint density at radius 2 is 1.92 bits per heavy atom. The molecule has 0 unspecified atom stereocenters. The van der Waals surface area contributed by atoms with E-state index >= 15 is 0 Å². The zero-order valence-corrected chi connectivity index (χ0v) is 20.5. The van der Waals surface area contributed by atoms with E-state index in [1.54, 1.807) is 18.2 Å². The molecule has 2 aromatic carbocycles. The van der Waals surface area contributed by atoms with Crippen LogP contribution in [0.5, 0.6) is 5.75 Å². The van der Waals surface area contributed by atoms with Gasteiger partial charge in [-0.05, 0) is 54.3 Å². The first kappa shape index (κ1) is 26.3. The molecule has 0 radical (unpaired) electrons. The Morgan fingerprint density at radius 3 is 2.64 bits per heavy atom. The van der Waals surface area contributed by atoms with E-state index in [4.69, 9.17) is 4.74 Å². The molecular weight excluding hydrogens is 526 g/mol. The normalized spacial score (nSPS) is 22.1. The first-order valence-corrected chi connectivity index (χ1v) is 12.0. The van der Waals surface area contributed by atoms with Gasteiger partial charge in [-0.2, -0.15) is 13.2 Å². The number of carbonyl (C=O) groups is 4. The number of hydrogen-bond donors (Lipinski definition) is 3. The SMILES string of the molecule is CNC(=O)Nc1ccc2c(c1)CC[C@]21NC(=O)N(CC(=O)N2Cc3cc(F)ccc3OC[C@H]2C(F)(F)F)C1=O. The summed E-state index contributed by atoms with van der Waals surface area (Å²) in [6, 6.07) is 4.23. The minimum atomic E-state index is -4.89. The number of anilines is 1. The number of alkyl halides is 3. The van der Waals surface area contributed by atoms with Gasteiger partial charge in [0.1, 0.15) is 30.3 Å². The van der Waals surface area contributed by atoms with E-state index in [1.165, 1.54) is 13.1 Å². The van der Waals surface area contributed by atoms with Gasteiger partial charge < -0.3 is 25.6 Å². The van der Waals surface area contributed by atoms with Crippen molar-refractivity contribution in [1.29, 1.82) is 0 Å². The summed E-state index contributed by atoms with van der Waals surface area (Å²) in [5.41, 5.74) is 0.159. The van der Waals surface area contributed by atoms with Crippen LogP contribution in [0.25, 0.3) is 0 Å². The van der Waals surface area contributed by atoms with Crippen molar-refractivity contribution in [2.24, 2.45) is 0 Å². The van der Waals surface area contributed by atoms with Gasteiger partial charge in [0.15, 0.2) is 6.04 Å². The Hall–Kier alpha value is -4.36. The van der Waals surface area contributed by atoms with Crippen LogP contribution in [0, 0.1) is 5.82 Å². The van der Waals surface area contributed by atoms with Crippen LogP contribution in [0.2, 0.25) is 0 Å². The maximum Gasteiger partial charge on any atom is 0.412 e.